The van der Waals surface area contributed by atoms with Crippen molar-refractivity contribution in [1.82, 2.24) is 0 Å². The average molecular weight is 132 g/mol. The lowest BCUT2D eigenvalue weighted by molar-refractivity contribution is -0.147. The summed E-state index contributed by atoms with van der Waals surface area (Å²) >= 11 is 0. The molecule has 0 unspecified atom stereocenters. The quantitative estimate of drug-likeness (QED) is 0.216. The average Bonchev–Trinajstić information content (AvgIpc) is 1.83. The summed E-state index contributed by atoms with van der Waals surface area (Å²) < 4.78 is 4.22. The smallest absolute Gasteiger partial charge is 0.371 e. The van der Waals surface area contributed by atoms with Crippen molar-refractivity contribution in [3.05, 3.63) is 12.7 Å². The van der Waals surface area contributed by atoms with Crippen LogP contribution in [0.2, 0.25) is 0 Å². The van der Waals surface area contributed by atoms with E-state index < -0.39 is 5.97 Å². The Labute approximate surface area is 52.4 Å². The van der Waals surface area contributed by atoms with Crippen LogP contribution in [-0.4, -0.2) is 24.3 Å². The van der Waals surface area contributed by atoms with Gasteiger partial charge in [0.2, 0.25) is 6.29 Å². The minimum absolute atomic E-state index is 0. The van der Waals surface area contributed by atoms with Crippen molar-refractivity contribution in [2.75, 3.05) is 6.61 Å². The van der Waals surface area contributed by atoms with Crippen LogP contribution < -0.4 is 0 Å². The molecule has 0 aliphatic carbocycles. The Morgan fingerprint density at radius 3 is 2.56 bits per heavy atom. The summed E-state index contributed by atoms with van der Waals surface area (Å²) in [5, 5.41) is 0. The van der Waals surface area contributed by atoms with Crippen LogP contribution in [0.25, 0.3) is 0 Å². The second-order valence-electron chi connectivity index (χ2n) is 1.04. The van der Waals surface area contributed by atoms with Gasteiger partial charge in [-0.25, -0.2) is 4.79 Å². The van der Waals surface area contributed by atoms with Gasteiger partial charge in [-0.3, -0.25) is 4.79 Å². The molecule has 0 aromatic carbocycles. The van der Waals surface area contributed by atoms with Crippen LogP contribution in [0.15, 0.2) is 12.7 Å². The van der Waals surface area contributed by atoms with Gasteiger partial charge in [-0.05, 0) is 0 Å². The normalized spacial score (nSPS) is 6.67. The zero-order valence-electron chi connectivity index (χ0n) is 4.79. The molecule has 0 spiro atoms. The largest absolute Gasteiger partial charge is 0.456 e. The van der Waals surface area contributed by atoms with E-state index in [-0.39, 0.29) is 18.4 Å². The van der Waals surface area contributed by atoms with Crippen molar-refractivity contribution in [2.24, 2.45) is 0 Å². The van der Waals surface area contributed by atoms with Crippen LogP contribution in [0.3, 0.4) is 0 Å². The van der Waals surface area contributed by atoms with Gasteiger partial charge in [-0.2, -0.15) is 0 Å². The molecule has 0 aliphatic rings. The molecule has 52 valence electrons. The van der Waals surface area contributed by atoms with Crippen molar-refractivity contribution in [3.63, 3.8) is 0 Å². The molecule has 0 aromatic heterocycles. The SMILES string of the molecule is C=CCOC(=O)C=O.O. The summed E-state index contributed by atoms with van der Waals surface area (Å²) in [5.41, 5.74) is 0. The van der Waals surface area contributed by atoms with E-state index in [9.17, 15) is 9.59 Å². The third-order valence-electron chi connectivity index (χ3n) is 0.440. The number of rotatable bonds is 3. The highest BCUT2D eigenvalue weighted by atomic mass is 16.5. The molecular formula is C5H8O4. The molecule has 0 saturated heterocycles. The van der Waals surface area contributed by atoms with E-state index in [1.165, 1.54) is 6.08 Å². The monoisotopic (exact) mass is 132 g/mol. The van der Waals surface area contributed by atoms with E-state index in [0.29, 0.717) is 0 Å². The third-order valence-corrected chi connectivity index (χ3v) is 0.440. The molecule has 0 amide bonds. The fourth-order valence-corrected chi connectivity index (χ4v) is 0.175. The first-order valence-electron chi connectivity index (χ1n) is 2.04. The van der Waals surface area contributed by atoms with Crippen molar-refractivity contribution in [2.45, 2.75) is 0 Å². The summed E-state index contributed by atoms with van der Waals surface area (Å²) in [4.78, 5) is 19.4. The second kappa shape index (κ2) is 6.84. The van der Waals surface area contributed by atoms with E-state index in [4.69, 9.17) is 0 Å². The highest BCUT2D eigenvalue weighted by Crippen LogP contribution is 1.72. The van der Waals surface area contributed by atoms with Gasteiger partial charge in [0.15, 0.2) is 0 Å². The number of ether oxygens (including phenoxy) is 1. The van der Waals surface area contributed by atoms with Gasteiger partial charge in [-0.1, -0.05) is 12.7 Å². The topological polar surface area (TPSA) is 74.9 Å². The van der Waals surface area contributed by atoms with Gasteiger partial charge < -0.3 is 10.2 Å². The van der Waals surface area contributed by atoms with Gasteiger partial charge in [0, 0.05) is 0 Å². The molecule has 0 aliphatic heterocycles. The van der Waals surface area contributed by atoms with Crippen LogP contribution in [0, 0.1) is 0 Å². The van der Waals surface area contributed by atoms with Gasteiger partial charge in [-0.15, -0.1) is 0 Å². The van der Waals surface area contributed by atoms with Gasteiger partial charge in [0.05, 0.1) is 0 Å². The molecule has 4 heteroatoms. The van der Waals surface area contributed by atoms with E-state index in [1.54, 1.807) is 0 Å². The number of carbonyl (C=O) groups is 2. The molecule has 0 radical (unpaired) electrons. The first kappa shape index (κ1) is 10.8. The lowest BCUT2D eigenvalue weighted by Crippen LogP contribution is -2.04. The molecule has 0 aromatic rings. The number of esters is 1. The minimum atomic E-state index is -0.857. The molecule has 4 nitrogen and oxygen atoms in total. The summed E-state index contributed by atoms with van der Waals surface area (Å²) in [6, 6.07) is 0. The van der Waals surface area contributed by atoms with Gasteiger partial charge in [0.25, 0.3) is 0 Å². The molecule has 2 N–H and O–H groups in total. The van der Waals surface area contributed by atoms with Crippen LogP contribution >= 0.6 is 0 Å². The van der Waals surface area contributed by atoms with Gasteiger partial charge >= 0.3 is 5.97 Å². The van der Waals surface area contributed by atoms with Crippen molar-refractivity contribution >= 4 is 12.3 Å². The Hall–Kier alpha value is -1.16. The zero-order valence-corrected chi connectivity index (χ0v) is 4.79. The van der Waals surface area contributed by atoms with E-state index >= 15 is 0 Å². The number of carbonyl (C=O) groups excluding carboxylic acids is 2. The number of hydrogen-bond acceptors (Lipinski definition) is 3. The highest BCUT2D eigenvalue weighted by molar-refractivity contribution is 6.20. The molecule has 0 bridgehead atoms. The lowest BCUT2D eigenvalue weighted by atomic mass is 10.7. The fraction of sp³-hybridized carbons (Fsp3) is 0.200. The summed E-state index contributed by atoms with van der Waals surface area (Å²) in [5.74, 6) is -0.857. The van der Waals surface area contributed by atoms with E-state index in [2.05, 4.69) is 11.3 Å². The maximum atomic E-state index is 9.93. The standard InChI is InChI=1S/C5H6O3.H2O/c1-2-3-8-5(7)4-6;/h2,4H,1,3H2;1H2. The molecule has 0 heterocycles. The number of aldehydes is 1. The van der Waals surface area contributed by atoms with E-state index in [1.807, 2.05) is 0 Å². The fourth-order valence-electron chi connectivity index (χ4n) is 0.175. The Balaban J connectivity index is 0. The van der Waals surface area contributed by atoms with Crippen molar-refractivity contribution < 1.29 is 19.8 Å². The first-order valence-corrected chi connectivity index (χ1v) is 2.04. The molecule has 0 saturated carbocycles. The van der Waals surface area contributed by atoms with Crippen LogP contribution in [0.5, 0.6) is 0 Å². The maximum absolute atomic E-state index is 9.93. The van der Waals surface area contributed by atoms with Crippen LogP contribution in [0.4, 0.5) is 0 Å². The first-order chi connectivity index (χ1) is 3.81. The Bertz CT molecular complexity index is 108. The molecule has 9 heavy (non-hydrogen) atoms. The number of hydrogen-bond donors (Lipinski definition) is 0. The van der Waals surface area contributed by atoms with Crippen molar-refractivity contribution in [3.8, 4) is 0 Å². The summed E-state index contributed by atoms with van der Waals surface area (Å²) in [6.07, 6.45) is 1.50. The predicted molar refractivity (Wildman–Crippen MR) is 30.8 cm³/mol. The molecular weight excluding hydrogens is 124 g/mol. The lowest BCUT2D eigenvalue weighted by Gasteiger charge is -1.90. The predicted octanol–water partition coefficient (Wildman–Crippen LogP) is -0.910. The zero-order chi connectivity index (χ0) is 6.41. The van der Waals surface area contributed by atoms with E-state index in [0.717, 1.165) is 0 Å². The summed E-state index contributed by atoms with van der Waals surface area (Å²) in [7, 11) is 0. The highest BCUT2D eigenvalue weighted by Gasteiger charge is 1.92. The third kappa shape index (κ3) is 6.84. The minimum Gasteiger partial charge on any atom is -0.456 e. The summed E-state index contributed by atoms with van der Waals surface area (Å²) in [6.45, 7) is 3.37. The molecule has 0 rings (SSSR count). The van der Waals surface area contributed by atoms with Crippen LogP contribution in [0.1, 0.15) is 0 Å². The Morgan fingerprint density at radius 2 is 2.22 bits per heavy atom. The molecule has 0 atom stereocenters. The maximum Gasteiger partial charge on any atom is 0.371 e. The van der Waals surface area contributed by atoms with Crippen LogP contribution in [-0.2, 0) is 14.3 Å². The van der Waals surface area contributed by atoms with Gasteiger partial charge in [0.1, 0.15) is 6.61 Å². The Kier molecular flexibility index (Phi) is 8.17. The van der Waals surface area contributed by atoms with Crippen molar-refractivity contribution in [1.29, 1.82) is 0 Å². The molecule has 0 fully saturated rings. The second-order valence-corrected chi connectivity index (χ2v) is 1.04. The Morgan fingerprint density at radius 1 is 1.67 bits per heavy atom.